The fourth-order valence-corrected chi connectivity index (χ4v) is 11.5. The zero-order valence-electron chi connectivity index (χ0n) is 45.0. The van der Waals surface area contributed by atoms with Crippen LogP contribution in [0.4, 0.5) is 0 Å². The zero-order valence-corrected chi connectivity index (χ0v) is 47.3. The number of halogens is 2. The standard InChI is InChI=1S/C22H21ClO5.C21H19BrO4.C21H20O5/c1-25-19-9-13(10-20(26-2)22(19)27-3)18-11-17(24)16-6-4-12-8-14(23)5-7-15(12)21(16)28-18;1-24-19-10-13(9-16(22)21(19)25-2)18-11-17(23)15-8-7-12-5-3-4-6-14(12)20(15)26-18;1-24-18-9-13(10-19(25-2)20(18)23)17-11-16(22)15-8-7-12-5-3-4-6-14(12)21(15)26-17/h4-10,17-18,24H,11H2,1-3H3;3-10,17-18,23H,11H2,1-2H3;3-10,16-17,22-23H,11H2,1-2H3/t2*17?,18-;16?,17-/m000/s1. The van der Waals surface area contributed by atoms with Crippen molar-refractivity contribution >= 4 is 59.8 Å². The highest BCUT2D eigenvalue weighted by Gasteiger charge is 2.34. The molecule has 3 aliphatic rings. The summed E-state index contributed by atoms with van der Waals surface area (Å²) in [7, 11) is 10.9. The molecule has 0 aliphatic carbocycles. The normalized spacial score (nSPS) is 18.7. The molecule has 0 amide bonds. The summed E-state index contributed by atoms with van der Waals surface area (Å²) < 4.78 is 57.4. The zero-order chi connectivity index (χ0) is 56.4. The van der Waals surface area contributed by atoms with E-state index >= 15 is 0 Å². The minimum Gasteiger partial charge on any atom is -0.502 e. The van der Waals surface area contributed by atoms with E-state index in [0.29, 0.717) is 76.0 Å². The van der Waals surface area contributed by atoms with Crippen LogP contribution in [0.25, 0.3) is 32.3 Å². The Labute approximate surface area is 476 Å². The number of aliphatic hydroxyl groups excluding tert-OH is 3. The van der Waals surface area contributed by atoms with Crippen LogP contribution < -0.4 is 47.4 Å². The summed E-state index contributed by atoms with van der Waals surface area (Å²) in [5, 5.41) is 48.9. The second-order valence-electron chi connectivity index (χ2n) is 19.3. The van der Waals surface area contributed by atoms with E-state index in [2.05, 4.69) is 15.9 Å². The van der Waals surface area contributed by atoms with Crippen LogP contribution in [0, 0.1) is 0 Å². The quantitative estimate of drug-likeness (QED) is 0.102. The van der Waals surface area contributed by atoms with Crippen LogP contribution in [0.1, 0.15) is 89.3 Å². The smallest absolute Gasteiger partial charge is 0.203 e. The van der Waals surface area contributed by atoms with Crippen LogP contribution in [0.2, 0.25) is 5.02 Å². The molecule has 3 unspecified atom stereocenters. The number of methoxy groups -OCH3 is 7. The summed E-state index contributed by atoms with van der Waals surface area (Å²) in [6.07, 6.45) is -1.59. The molecule has 9 aromatic rings. The van der Waals surface area contributed by atoms with E-state index in [1.807, 2.05) is 127 Å². The number of rotatable bonds is 10. The van der Waals surface area contributed by atoms with Gasteiger partial charge in [0, 0.05) is 68.3 Å². The molecule has 0 fully saturated rings. The van der Waals surface area contributed by atoms with Crippen molar-refractivity contribution in [3.05, 3.63) is 182 Å². The lowest BCUT2D eigenvalue weighted by atomic mass is 9.92. The van der Waals surface area contributed by atoms with Gasteiger partial charge < -0.3 is 67.8 Å². The predicted octanol–water partition coefficient (Wildman–Crippen LogP) is 14.4. The van der Waals surface area contributed by atoms with Gasteiger partial charge in [-0.15, -0.1) is 0 Å². The largest absolute Gasteiger partial charge is 0.502 e. The van der Waals surface area contributed by atoms with E-state index < -0.39 is 18.3 Å². The fourth-order valence-electron chi connectivity index (χ4n) is 10.7. The molecule has 0 spiro atoms. The van der Waals surface area contributed by atoms with Gasteiger partial charge in [-0.1, -0.05) is 96.5 Å². The minimum absolute atomic E-state index is 0.0547. The summed E-state index contributed by atoms with van der Waals surface area (Å²) in [6, 6.07) is 44.3. The molecule has 0 saturated heterocycles. The lowest BCUT2D eigenvalue weighted by Crippen LogP contribution is -2.19. The second kappa shape index (κ2) is 23.9. The molecular formula is C64H60BrClO14. The topological polar surface area (TPSA) is 173 Å². The Morgan fingerprint density at radius 2 is 0.775 bits per heavy atom. The molecule has 16 heteroatoms. The Hall–Kier alpha value is -7.79. The molecule has 0 saturated carbocycles. The lowest BCUT2D eigenvalue weighted by Gasteiger charge is -2.31. The number of hydrogen-bond acceptors (Lipinski definition) is 14. The summed E-state index contributed by atoms with van der Waals surface area (Å²) >= 11 is 9.65. The van der Waals surface area contributed by atoms with Crippen molar-refractivity contribution in [1.82, 2.24) is 0 Å². The van der Waals surface area contributed by atoms with Crippen molar-refractivity contribution in [3.63, 3.8) is 0 Å². The maximum Gasteiger partial charge on any atom is 0.203 e. The van der Waals surface area contributed by atoms with Crippen molar-refractivity contribution in [2.75, 3.05) is 49.8 Å². The highest BCUT2D eigenvalue weighted by Crippen LogP contribution is 2.51. The van der Waals surface area contributed by atoms with Crippen LogP contribution >= 0.6 is 27.5 Å². The Morgan fingerprint density at radius 3 is 1.19 bits per heavy atom. The maximum absolute atomic E-state index is 10.8. The average molecular weight is 1170 g/mol. The molecule has 14 nitrogen and oxygen atoms in total. The van der Waals surface area contributed by atoms with Gasteiger partial charge in [-0.05, 0) is 92.2 Å². The van der Waals surface area contributed by atoms with Crippen molar-refractivity contribution in [2.24, 2.45) is 0 Å². The van der Waals surface area contributed by atoms with Gasteiger partial charge in [0.25, 0.3) is 0 Å². The van der Waals surface area contributed by atoms with E-state index in [1.54, 1.807) is 47.7 Å². The number of phenolic OH excluding ortho intramolecular Hbond substituents is 1. The van der Waals surface area contributed by atoms with Gasteiger partial charge in [0.15, 0.2) is 34.5 Å². The highest BCUT2D eigenvalue weighted by atomic mass is 79.9. The minimum atomic E-state index is -0.645. The van der Waals surface area contributed by atoms with E-state index in [-0.39, 0.29) is 24.1 Å². The Balaban J connectivity index is 0.000000135. The SMILES string of the molecule is COc1cc([C@@H]2CC(O)c3ccc4cc(Cl)ccc4c3O2)cc(OC)c1OC.COc1cc([C@@H]2CC(O)c3ccc4ccccc4c3O2)cc(Br)c1OC.COc1cc([C@@H]2CC(O)c3ccc4ccccc4c3O2)cc(OC)c1O. The van der Waals surface area contributed by atoms with Gasteiger partial charge in [-0.2, -0.15) is 0 Å². The van der Waals surface area contributed by atoms with Crippen LogP contribution in [0.15, 0.2) is 144 Å². The van der Waals surface area contributed by atoms with Gasteiger partial charge >= 0.3 is 0 Å². The molecule has 0 aromatic heterocycles. The molecule has 9 aromatic carbocycles. The monoisotopic (exact) mass is 1170 g/mol. The number of ether oxygens (including phenoxy) is 10. The summed E-state index contributed by atoms with van der Waals surface area (Å²) in [5.41, 5.74) is 4.93. The van der Waals surface area contributed by atoms with Crippen molar-refractivity contribution in [2.45, 2.75) is 55.9 Å². The second-order valence-corrected chi connectivity index (χ2v) is 20.6. The molecule has 0 bridgehead atoms. The molecule has 0 radical (unpaired) electrons. The average Bonchev–Trinajstić information content (AvgIpc) is 3.52. The number of benzene rings is 9. The van der Waals surface area contributed by atoms with E-state index in [0.717, 1.165) is 75.9 Å². The molecule has 414 valence electrons. The molecule has 12 rings (SSSR count). The van der Waals surface area contributed by atoms with Gasteiger partial charge in [-0.25, -0.2) is 0 Å². The molecule has 4 N–H and O–H groups in total. The van der Waals surface area contributed by atoms with Gasteiger partial charge in [0.05, 0.1) is 72.6 Å². The number of phenols is 1. The van der Waals surface area contributed by atoms with E-state index in [1.165, 1.54) is 14.2 Å². The number of hydrogen-bond donors (Lipinski definition) is 4. The van der Waals surface area contributed by atoms with Crippen LogP contribution in [-0.2, 0) is 0 Å². The Kier molecular flexibility index (Phi) is 16.6. The molecule has 80 heavy (non-hydrogen) atoms. The third-order valence-corrected chi connectivity index (χ3v) is 15.5. The first-order valence-corrected chi connectivity index (χ1v) is 26.9. The molecule has 3 heterocycles. The number of fused-ring (bicyclic) bond motifs is 9. The van der Waals surface area contributed by atoms with Crippen LogP contribution in [-0.4, -0.2) is 70.2 Å². The number of aliphatic hydroxyl groups is 3. The van der Waals surface area contributed by atoms with Crippen molar-refractivity contribution in [3.8, 4) is 63.2 Å². The van der Waals surface area contributed by atoms with Gasteiger partial charge in [0.1, 0.15) is 35.6 Å². The third-order valence-electron chi connectivity index (χ3n) is 14.7. The lowest BCUT2D eigenvalue weighted by molar-refractivity contribution is 0.0665. The highest BCUT2D eigenvalue weighted by molar-refractivity contribution is 9.10. The molecule has 6 atom stereocenters. The first kappa shape index (κ1) is 55.5. The van der Waals surface area contributed by atoms with Gasteiger partial charge in [-0.3, -0.25) is 0 Å². The fraction of sp³-hybridized carbons (Fsp3) is 0.250. The van der Waals surface area contributed by atoms with Crippen molar-refractivity contribution in [1.29, 1.82) is 0 Å². The maximum atomic E-state index is 10.8. The predicted molar refractivity (Wildman–Crippen MR) is 310 cm³/mol. The first-order valence-electron chi connectivity index (χ1n) is 25.8. The van der Waals surface area contributed by atoms with Crippen molar-refractivity contribution < 1.29 is 67.8 Å². The summed E-state index contributed by atoms with van der Waals surface area (Å²) in [5.74, 6) is 5.55. The summed E-state index contributed by atoms with van der Waals surface area (Å²) in [4.78, 5) is 0. The third kappa shape index (κ3) is 10.8. The first-order chi connectivity index (χ1) is 38.8. The molecule has 3 aliphatic heterocycles. The number of aromatic hydroxyl groups is 1. The molecular weight excluding hydrogens is 1110 g/mol. The van der Waals surface area contributed by atoms with Crippen LogP contribution in [0.5, 0.6) is 63.2 Å². The van der Waals surface area contributed by atoms with Crippen LogP contribution in [0.3, 0.4) is 0 Å². The Morgan fingerprint density at radius 1 is 0.412 bits per heavy atom. The van der Waals surface area contributed by atoms with E-state index in [4.69, 9.17) is 59.0 Å². The summed E-state index contributed by atoms with van der Waals surface area (Å²) in [6.45, 7) is 0. The van der Waals surface area contributed by atoms with E-state index in [9.17, 15) is 20.4 Å². The van der Waals surface area contributed by atoms with Gasteiger partial charge in [0.2, 0.25) is 11.5 Å². The Bertz CT molecular complexity index is 3690.